The fourth-order valence-electron chi connectivity index (χ4n) is 3.03. The van der Waals surface area contributed by atoms with Crippen LogP contribution in [-0.2, 0) is 7.05 Å². The van der Waals surface area contributed by atoms with Crippen molar-refractivity contribution in [3.8, 4) is 0 Å². The maximum Gasteiger partial charge on any atom is 0.287 e. The summed E-state index contributed by atoms with van der Waals surface area (Å²) >= 11 is 12.2. The summed E-state index contributed by atoms with van der Waals surface area (Å²) in [7, 11) is 1.58. The number of hydrogen-bond donors (Lipinski definition) is 1. The van der Waals surface area contributed by atoms with Gasteiger partial charge in [0.25, 0.3) is 5.56 Å². The highest BCUT2D eigenvalue weighted by atomic mass is 35.5. The summed E-state index contributed by atoms with van der Waals surface area (Å²) in [6, 6.07) is 5.99. The Balaban J connectivity index is 1.64. The molecule has 0 aliphatic carbocycles. The number of nitrogens with zero attached hydrogens (tertiary/aromatic N) is 3. The second-order valence-corrected chi connectivity index (χ2v) is 7.03. The summed E-state index contributed by atoms with van der Waals surface area (Å²) in [6.45, 7) is 4.80. The van der Waals surface area contributed by atoms with Crippen molar-refractivity contribution < 1.29 is 0 Å². The predicted octanol–water partition coefficient (Wildman–Crippen LogP) is 3.33. The summed E-state index contributed by atoms with van der Waals surface area (Å²) in [5.74, 6) is 0.475. The van der Waals surface area contributed by atoms with E-state index in [-0.39, 0.29) is 10.6 Å². The summed E-state index contributed by atoms with van der Waals surface area (Å²) in [5, 5.41) is 8.21. The first-order valence-electron chi connectivity index (χ1n) is 7.92. The van der Waals surface area contributed by atoms with Crippen LogP contribution in [0, 0.1) is 12.8 Å². The molecule has 5 nitrogen and oxygen atoms in total. The smallest absolute Gasteiger partial charge is 0.287 e. The van der Waals surface area contributed by atoms with E-state index in [0.717, 1.165) is 31.1 Å². The Morgan fingerprint density at radius 1 is 1.38 bits per heavy atom. The Morgan fingerprint density at radius 3 is 2.96 bits per heavy atom. The lowest BCUT2D eigenvalue weighted by molar-refractivity contribution is 0.621. The average molecular weight is 367 g/mol. The Hall–Kier alpha value is -1.72. The topological polar surface area (TPSA) is 50.2 Å². The minimum Gasteiger partial charge on any atom is -0.382 e. The molecule has 1 atom stereocenters. The van der Waals surface area contributed by atoms with Crippen LogP contribution in [0.25, 0.3) is 0 Å². The van der Waals surface area contributed by atoms with Gasteiger partial charge in [-0.2, -0.15) is 5.10 Å². The molecule has 1 unspecified atom stereocenters. The molecule has 2 aromatic rings. The van der Waals surface area contributed by atoms with Gasteiger partial charge in [-0.15, -0.1) is 0 Å². The largest absolute Gasteiger partial charge is 0.382 e. The molecule has 0 spiro atoms. The van der Waals surface area contributed by atoms with E-state index in [9.17, 15) is 4.79 Å². The second-order valence-electron chi connectivity index (χ2n) is 6.21. The van der Waals surface area contributed by atoms with E-state index in [1.54, 1.807) is 13.2 Å². The van der Waals surface area contributed by atoms with Crippen molar-refractivity contribution in [3.63, 3.8) is 0 Å². The minimum absolute atomic E-state index is 0.188. The van der Waals surface area contributed by atoms with Crippen LogP contribution in [0.1, 0.15) is 12.0 Å². The molecule has 2 heterocycles. The molecule has 0 amide bonds. The van der Waals surface area contributed by atoms with Crippen molar-refractivity contribution in [1.82, 2.24) is 9.78 Å². The maximum atomic E-state index is 11.8. The minimum atomic E-state index is -0.288. The molecule has 7 heteroatoms. The third-order valence-electron chi connectivity index (χ3n) is 4.46. The Labute approximate surface area is 151 Å². The van der Waals surface area contributed by atoms with Gasteiger partial charge in [-0.3, -0.25) is 4.79 Å². The average Bonchev–Trinajstić information content (AvgIpc) is 3.03. The van der Waals surface area contributed by atoms with E-state index in [1.165, 1.54) is 15.9 Å². The van der Waals surface area contributed by atoms with Crippen molar-refractivity contribution in [3.05, 3.63) is 50.4 Å². The molecule has 128 valence electrons. The van der Waals surface area contributed by atoms with Gasteiger partial charge in [0.1, 0.15) is 5.02 Å². The van der Waals surface area contributed by atoms with E-state index < -0.39 is 0 Å². The number of benzene rings is 1. The number of rotatable bonds is 4. The lowest BCUT2D eigenvalue weighted by Crippen LogP contribution is -2.25. The van der Waals surface area contributed by atoms with Crippen molar-refractivity contribution >= 4 is 34.6 Å². The molecule has 0 radical (unpaired) electrons. The Bertz CT molecular complexity index is 806. The molecule has 3 rings (SSSR count). The first-order chi connectivity index (χ1) is 11.5. The molecule has 1 aliphatic heterocycles. The van der Waals surface area contributed by atoms with E-state index in [1.807, 2.05) is 12.1 Å². The summed E-state index contributed by atoms with van der Waals surface area (Å²) < 4.78 is 1.23. The van der Waals surface area contributed by atoms with Crippen molar-refractivity contribution in [1.29, 1.82) is 0 Å². The number of aromatic nitrogens is 2. The highest BCUT2D eigenvalue weighted by Crippen LogP contribution is 2.29. The van der Waals surface area contributed by atoms with Gasteiger partial charge in [0, 0.05) is 37.4 Å². The molecule has 1 aromatic carbocycles. The zero-order valence-corrected chi connectivity index (χ0v) is 15.2. The lowest BCUT2D eigenvalue weighted by atomic mass is 10.1. The third kappa shape index (κ3) is 3.52. The van der Waals surface area contributed by atoms with Crippen LogP contribution in [0.15, 0.2) is 29.2 Å². The van der Waals surface area contributed by atoms with E-state index in [2.05, 4.69) is 28.3 Å². The van der Waals surface area contributed by atoms with Gasteiger partial charge in [-0.25, -0.2) is 4.68 Å². The molecular weight excluding hydrogens is 347 g/mol. The van der Waals surface area contributed by atoms with Crippen LogP contribution in [0.4, 0.5) is 11.4 Å². The van der Waals surface area contributed by atoms with E-state index in [0.29, 0.717) is 11.6 Å². The molecular formula is C17H20Cl2N4O. The standard InChI is InChI=1S/C17H20Cl2N4O/c1-11-3-4-13(18)7-15(11)23-6-5-12(10-23)8-20-14-9-21-22(2)17(24)16(14)19/h3-4,7,9,12,20H,5-6,8,10H2,1-2H3. The summed E-state index contributed by atoms with van der Waals surface area (Å²) in [6.07, 6.45) is 2.67. The number of nitrogens with one attached hydrogen (secondary N) is 1. The van der Waals surface area contributed by atoms with Gasteiger partial charge < -0.3 is 10.2 Å². The highest BCUT2D eigenvalue weighted by Gasteiger charge is 2.24. The monoisotopic (exact) mass is 366 g/mol. The molecule has 1 fully saturated rings. The number of halogens is 2. The number of hydrogen-bond acceptors (Lipinski definition) is 4. The van der Waals surface area contributed by atoms with Crippen LogP contribution in [0.2, 0.25) is 10.0 Å². The summed E-state index contributed by atoms with van der Waals surface area (Å²) in [5.41, 5.74) is 2.73. The van der Waals surface area contributed by atoms with Gasteiger partial charge in [-0.1, -0.05) is 29.3 Å². The zero-order valence-electron chi connectivity index (χ0n) is 13.7. The molecule has 0 saturated carbocycles. The Morgan fingerprint density at radius 2 is 2.17 bits per heavy atom. The lowest BCUT2D eigenvalue weighted by Gasteiger charge is -2.21. The second kappa shape index (κ2) is 7.03. The normalized spacial score (nSPS) is 17.3. The van der Waals surface area contributed by atoms with Crippen molar-refractivity contribution in [2.45, 2.75) is 13.3 Å². The summed E-state index contributed by atoms with van der Waals surface area (Å²) in [4.78, 5) is 14.2. The van der Waals surface area contributed by atoms with Gasteiger partial charge in [0.15, 0.2) is 0 Å². The van der Waals surface area contributed by atoms with Crippen LogP contribution in [0.3, 0.4) is 0 Å². The highest BCUT2D eigenvalue weighted by molar-refractivity contribution is 6.33. The van der Waals surface area contributed by atoms with E-state index in [4.69, 9.17) is 23.2 Å². The van der Waals surface area contributed by atoms with Gasteiger partial charge in [0.05, 0.1) is 11.9 Å². The molecule has 1 aliphatic rings. The van der Waals surface area contributed by atoms with Crippen LogP contribution in [-0.4, -0.2) is 29.4 Å². The van der Waals surface area contributed by atoms with Crippen LogP contribution in [0.5, 0.6) is 0 Å². The molecule has 24 heavy (non-hydrogen) atoms. The molecule has 1 N–H and O–H groups in total. The van der Waals surface area contributed by atoms with Gasteiger partial charge >= 0.3 is 0 Å². The first-order valence-corrected chi connectivity index (χ1v) is 8.68. The first kappa shape index (κ1) is 17.1. The van der Waals surface area contributed by atoms with Crippen LogP contribution >= 0.6 is 23.2 Å². The SMILES string of the molecule is Cc1ccc(Cl)cc1N1CCC(CNc2cnn(C)c(=O)c2Cl)C1. The van der Waals surface area contributed by atoms with Crippen molar-refractivity contribution in [2.24, 2.45) is 13.0 Å². The third-order valence-corrected chi connectivity index (χ3v) is 5.06. The maximum absolute atomic E-state index is 11.8. The Kier molecular flexibility index (Phi) is 5.01. The predicted molar refractivity (Wildman–Crippen MR) is 99.5 cm³/mol. The molecule has 0 bridgehead atoms. The van der Waals surface area contributed by atoms with Gasteiger partial charge in [0.2, 0.25) is 0 Å². The van der Waals surface area contributed by atoms with E-state index >= 15 is 0 Å². The zero-order chi connectivity index (χ0) is 17.3. The fourth-order valence-corrected chi connectivity index (χ4v) is 3.43. The van der Waals surface area contributed by atoms with Gasteiger partial charge in [-0.05, 0) is 37.0 Å². The fraction of sp³-hybridized carbons (Fsp3) is 0.412. The number of aryl methyl sites for hydroxylation is 2. The quantitative estimate of drug-likeness (QED) is 0.901. The van der Waals surface area contributed by atoms with Crippen LogP contribution < -0.4 is 15.8 Å². The van der Waals surface area contributed by atoms with Crippen molar-refractivity contribution in [2.75, 3.05) is 29.9 Å². The molecule has 1 aromatic heterocycles. The number of anilines is 2. The molecule has 1 saturated heterocycles.